The molecule has 0 unspecified atom stereocenters. The summed E-state index contributed by atoms with van der Waals surface area (Å²) in [4.78, 5) is 16.5. The summed E-state index contributed by atoms with van der Waals surface area (Å²) < 4.78 is 10.8. The summed E-state index contributed by atoms with van der Waals surface area (Å²) in [6.07, 6.45) is 1.79. The SMILES string of the molecule is COc1ccccc1NC(=O)COc1ccc(C=Nc2ccc(C)cc2)cc1. The summed E-state index contributed by atoms with van der Waals surface area (Å²) in [6.45, 7) is 1.96. The smallest absolute Gasteiger partial charge is 0.262 e. The third-order valence-electron chi connectivity index (χ3n) is 4.03. The minimum Gasteiger partial charge on any atom is -0.495 e. The van der Waals surface area contributed by atoms with Gasteiger partial charge in [-0.25, -0.2) is 0 Å². The van der Waals surface area contributed by atoms with Gasteiger partial charge in [0.15, 0.2) is 6.61 Å². The van der Waals surface area contributed by atoms with E-state index in [4.69, 9.17) is 9.47 Å². The summed E-state index contributed by atoms with van der Waals surface area (Å²) >= 11 is 0. The topological polar surface area (TPSA) is 59.9 Å². The number of hydrogen-bond donors (Lipinski definition) is 1. The maximum absolute atomic E-state index is 12.1. The van der Waals surface area contributed by atoms with Crippen LogP contribution in [0.25, 0.3) is 0 Å². The average molecular weight is 374 g/mol. The Balaban J connectivity index is 1.52. The highest BCUT2D eigenvalue weighted by molar-refractivity contribution is 5.93. The van der Waals surface area contributed by atoms with Crippen molar-refractivity contribution in [2.75, 3.05) is 19.0 Å². The highest BCUT2D eigenvalue weighted by Crippen LogP contribution is 2.23. The Morgan fingerprint density at radius 2 is 1.71 bits per heavy atom. The van der Waals surface area contributed by atoms with Crippen molar-refractivity contribution in [1.29, 1.82) is 0 Å². The van der Waals surface area contributed by atoms with Crippen LogP contribution in [-0.2, 0) is 4.79 Å². The monoisotopic (exact) mass is 374 g/mol. The lowest BCUT2D eigenvalue weighted by Gasteiger charge is -2.10. The number of ether oxygens (including phenoxy) is 2. The third kappa shape index (κ3) is 5.45. The van der Waals surface area contributed by atoms with Gasteiger partial charge in [0.25, 0.3) is 5.91 Å². The summed E-state index contributed by atoms with van der Waals surface area (Å²) in [5, 5.41) is 2.78. The number of anilines is 1. The standard InChI is InChI=1S/C23H22N2O3/c1-17-7-11-19(12-8-17)24-15-18-9-13-20(14-10-18)28-16-23(26)25-21-5-3-4-6-22(21)27-2/h3-15H,16H2,1-2H3,(H,25,26). The fourth-order valence-electron chi connectivity index (χ4n) is 2.51. The van der Waals surface area contributed by atoms with Crippen molar-refractivity contribution in [3.63, 3.8) is 0 Å². The molecule has 0 aromatic heterocycles. The van der Waals surface area contributed by atoms with Crippen LogP contribution in [0.2, 0.25) is 0 Å². The first-order valence-corrected chi connectivity index (χ1v) is 8.90. The van der Waals surface area contributed by atoms with Gasteiger partial charge in [-0.15, -0.1) is 0 Å². The molecule has 3 rings (SSSR count). The van der Waals surface area contributed by atoms with Crippen molar-refractivity contribution >= 4 is 23.5 Å². The Kier molecular flexibility index (Phi) is 6.41. The normalized spacial score (nSPS) is 10.6. The average Bonchev–Trinajstić information content (AvgIpc) is 2.73. The Morgan fingerprint density at radius 3 is 2.43 bits per heavy atom. The molecule has 5 heteroatoms. The molecule has 1 N–H and O–H groups in total. The van der Waals surface area contributed by atoms with E-state index in [0.29, 0.717) is 17.2 Å². The van der Waals surface area contributed by atoms with Crippen LogP contribution < -0.4 is 14.8 Å². The lowest BCUT2D eigenvalue weighted by atomic mass is 10.2. The van der Waals surface area contributed by atoms with Crippen LogP contribution >= 0.6 is 0 Å². The molecule has 0 aliphatic carbocycles. The van der Waals surface area contributed by atoms with Crippen LogP contribution in [0.5, 0.6) is 11.5 Å². The van der Waals surface area contributed by atoms with Crippen molar-refractivity contribution in [2.24, 2.45) is 4.99 Å². The Labute approximate surface area is 164 Å². The van der Waals surface area contributed by atoms with E-state index in [2.05, 4.69) is 10.3 Å². The number of aryl methyl sites for hydroxylation is 1. The molecule has 3 aromatic carbocycles. The minimum atomic E-state index is -0.255. The Morgan fingerprint density at radius 1 is 1.00 bits per heavy atom. The van der Waals surface area contributed by atoms with Crippen LogP contribution in [0.3, 0.4) is 0 Å². The van der Waals surface area contributed by atoms with E-state index in [9.17, 15) is 4.79 Å². The van der Waals surface area contributed by atoms with Crippen molar-refractivity contribution in [1.82, 2.24) is 0 Å². The van der Waals surface area contributed by atoms with Crippen LogP contribution in [0.1, 0.15) is 11.1 Å². The van der Waals surface area contributed by atoms with Crippen LogP contribution in [-0.4, -0.2) is 25.8 Å². The van der Waals surface area contributed by atoms with Crippen LogP contribution in [0.4, 0.5) is 11.4 Å². The molecule has 0 spiro atoms. The number of carbonyl (C=O) groups is 1. The molecule has 0 saturated carbocycles. The number of rotatable bonds is 7. The van der Waals surface area contributed by atoms with Gasteiger partial charge in [0, 0.05) is 6.21 Å². The maximum Gasteiger partial charge on any atom is 0.262 e. The summed E-state index contributed by atoms with van der Waals surface area (Å²) in [5.74, 6) is 0.963. The number of amides is 1. The quantitative estimate of drug-likeness (QED) is 0.606. The molecule has 5 nitrogen and oxygen atoms in total. The first-order chi connectivity index (χ1) is 13.6. The van der Waals surface area contributed by atoms with Gasteiger partial charge < -0.3 is 14.8 Å². The third-order valence-corrected chi connectivity index (χ3v) is 4.03. The largest absolute Gasteiger partial charge is 0.495 e. The molecule has 28 heavy (non-hydrogen) atoms. The number of hydrogen-bond acceptors (Lipinski definition) is 4. The zero-order chi connectivity index (χ0) is 19.8. The molecule has 0 saturated heterocycles. The van der Waals surface area contributed by atoms with E-state index >= 15 is 0 Å². The van der Waals surface area contributed by atoms with E-state index < -0.39 is 0 Å². The van der Waals surface area contributed by atoms with Gasteiger partial charge in [0.05, 0.1) is 18.5 Å². The second-order valence-corrected chi connectivity index (χ2v) is 6.20. The molecule has 0 aliphatic heterocycles. The second kappa shape index (κ2) is 9.37. The summed E-state index contributed by atoms with van der Waals surface area (Å²) in [7, 11) is 1.56. The van der Waals surface area contributed by atoms with Gasteiger partial charge in [0.2, 0.25) is 0 Å². The molecular formula is C23H22N2O3. The number of para-hydroxylation sites is 2. The number of carbonyl (C=O) groups excluding carboxylic acids is 1. The van der Waals surface area contributed by atoms with Crippen LogP contribution in [0.15, 0.2) is 77.8 Å². The van der Waals surface area contributed by atoms with Gasteiger partial charge in [-0.2, -0.15) is 0 Å². The molecule has 0 atom stereocenters. The lowest BCUT2D eigenvalue weighted by molar-refractivity contribution is -0.118. The molecular weight excluding hydrogens is 352 g/mol. The van der Waals surface area contributed by atoms with Gasteiger partial charge in [-0.3, -0.25) is 9.79 Å². The fourth-order valence-corrected chi connectivity index (χ4v) is 2.51. The van der Waals surface area contributed by atoms with E-state index in [1.165, 1.54) is 5.56 Å². The van der Waals surface area contributed by atoms with Crippen molar-refractivity contribution in [3.05, 3.63) is 83.9 Å². The van der Waals surface area contributed by atoms with Gasteiger partial charge in [-0.05, 0) is 61.0 Å². The molecule has 0 fully saturated rings. The molecule has 142 valence electrons. The first-order valence-electron chi connectivity index (χ1n) is 8.90. The van der Waals surface area contributed by atoms with Crippen molar-refractivity contribution in [3.8, 4) is 11.5 Å². The predicted octanol–water partition coefficient (Wildman–Crippen LogP) is 4.77. The highest BCUT2D eigenvalue weighted by Gasteiger charge is 2.07. The number of benzene rings is 3. The van der Waals surface area contributed by atoms with E-state index in [0.717, 1.165) is 11.3 Å². The lowest BCUT2D eigenvalue weighted by Crippen LogP contribution is -2.20. The van der Waals surface area contributed by atoms with E-state index in [1.54, 1.807) is 25.5 Å². The first kappa shape index (κ1) is 19.2. The van der Waals surface area contributed by atoms with Crippen molar-refractivity contribution < 1.29 is 14.3 Å². The second-order valence-electron chi connectivity index (χ2n) is 6.20. The number of nitrogens with zero attached hydrogens (tertiary/aromatic N) is 1. The number of aliphatic imine (C=N–C) groups is 1. The predicted molar refractivity (Wildman–Crippen MR) is 112 cm³/mol. The Hall–Kier alpha value is -3.60. The zero-order valence-corrected chi connectivity index (χ0v) is 15.9. The fraction of sp³-hybridized carbons (Fsp3) is 0.130. The highest BCUT2D eigenvalue weighted by atomic mass is 16.5. The van der Waals surface area contributed by atoms with Crippen molar-refractivity contribution in [2.45, 2.75) is 6.92 Å². The molecule has 1 amide bonds. The molecule has 0 heterocycles. The number of nitrogens with one attached hydrogen (secondary N) is 1. The molecule has 0 aliphatic rings. The molecule has 0 radical (unpaired) electrons. The minimum absolute atomic E-state index is 0.0884. The van der Waals surface area contributed by atoms with Crippen LogP contribution in [0, 0.1) is 6.92 Å². The number of methoxy groups -OCH3 is 1. The zero-order valence-electron chi connectivity index (χ0n) is 15.9. The van der Waals surface area contributed by atoms with Gasteiger partial charge in [-0.1, -0.05) is 29.8 Å². The summed E-state index contributed by atoms with van der Waals surface area (Å²) in [6, 6.07) is 22.7. The molecule has 0 bridgehead atoms. The van der Waals surface area contributed by atoms with E-state index in [-0.39, 0.29) is 12.5 Å². The van der Waals surface area contributed by atoms with Gasteiger partial charge in [0.1, 0.15) is 11.5 Å². The maximum atomic E-state index is 12.1. The van der Waals surface area contributed by atoms with E-state index in [1.807, 2.05) is 67.6 Å². The Bertz CT molecular complexity index is 948. The molecule has 3 aromatic rings. The summed E-state index contributed by atoms with van der Waals surface area (Å²) in [5.41, 5.74) is 3.67. The van der Waals surface area contributed by atoms with Gasteiger partial charge >= 0.3 is 0 Å².